The standard InChI is InChI=1S/C24H24N2O6S/c1-5-31-20-12-16(7-9-19(20)32-15(4)23(29)30)11-18-21(27)25-24(33)26(22(18)28)17-8-6-13(2)14(3)10-17/h6-12,15H,5H2,1-4H3,(H,29,30)(H,25,27,33)/b18-11+/t15-/m1/s1. The summed E-state index contributed by atoms with van der Waals surface area (Å²) in [6.07, 6.45) is 0.354. The first-order chi connectivity index (χ1) is 15.6. The number of carbonyl (C=O) groups excluding carboxylic acids is 2. The highest BCUT2D eigenvalue weighted by Crippen LogP contribution is 2.31. The SMILES string of the molecule is CCOc1cc(/C=C2\C(=O)NC(=S)N(c3ccc(C)c(C)c3)C2=O)ccc1O[C@H](C)C(=O)O. The monoisotopic (exact) mass is 468 g/mol. The van der Waals surface area contributed by atoms with Crippen LogP contribution in [0.1, 0.15) is 30.5 Å². The molecule has 1 heterocycles. The number of nitrogens with zero attached hydrogens (tertiary/aromatic N) is 1. The van der Waals surface area contributed by atoms with Gasteiger partial charge in [0.1, 0.15) is 5.57 Å². The molecule has 0 spiro atoms. The Morgan fingerprint density at radius 2 is 1.88 bits per heavy atom. The number of nitrogens with one attached hydrogen (secondary N) is 1. The first kappa shape index (κ1) is 23.9. The van der Waals surface area contributed by atoms with Gasteiger partial charge in [-0.3, -0.25) is 19.8 Å². The molecule has 8 nitrogen and oxygen atoms in total. The van der Waals surface area contributed by atoms with E-state index in [1.165, 1.54) is 24.0 Å². The molecule has 0 bridgehead atoms. The number of aryl methyl sites for hydroxylation is 2. The number of carboxylic acid groups (broad SMARTS) is 1. The van der Waals surface area contributed by atoms with Crippen molar-refractivity contribution in [2.75, 3.05) is 11.5 Å². The number of aliphatic carboxylic acids is 1. The number of hydrogen-bond acceptors (Lipinski definition) is 6. The van der Waals surface area contributed by atoms with E-state index in [9.17, 15) is 14.4 Å². The lowest BCUT2D eigenvalue weighted by Crippen LogP contribution is -2.54. The second kappa shape index (κ2) is 9.83. The van der Waals surface area contributed by atoms with Gasteiger partial charge >= 0.3 is 5.97 Å². The molecule has 2 aromatic rings. The van der Waals surface area contributed by atoms with Crippen molar-refractivity contribution in [2.24, 2.45) is 0 Å². The maximum absolute atomic E-state index is 13.2. The van der Waals surface area contributed by atoms with Gasteiger partial charge in [0.15, 0.2) is 22.7 Å². The van der Waals surface area contributed by atoms with E-state index in [0.29, 0.717) is 23.6 Å². The Morgan fingerprint density at radius 3 is 2.52 bits per heavy atom. The van der Waals surface area contributed by atoms with Crippen molar-refractivity contribution >= 4 is 46.9 Å². The molecule has 1 atom stereocenters. The molecule has 3 rings (SSSR count). The van der Waals surface area contributed by atoms with Crippen LogP contribution < -0.4 is 19.7 Å². The Morgan fingerprint density at radius 1 is 1.15 bits per heavy atom. The first-order valence-corrected chi connectivity index (χ1v) is 10.7. The summed E-state index contributed by atoms with van der Waals surface area (Å²) in [7, 11) is 0. The molecule has 172 valence electrons. The van der Waals surface area contributed by atoms with Gasteiger partial charge in [-0.2, -0.15) is 0 Å². The maximum Gasteiger partial charge on any atom is 0.344 e. The van der Waals surface area contributed by atoms with E-state index < -0.39 is 23.9 Å². The summed E-state index contributed by atoms with van der Waals surface area (Å²) < 4.78 is 11.0. The van der Waals surface area contributed by atoms with Crippen molar-refractivity contribution in [3.63, 3.8) is 0 Å². The highest BCUT2D eigenvalue weighted by Gasteiger charge is 2.34. The lowest BCUT2D eigenvalue weighted by Gasteiger charge is -2.29. The Balaban J connectivity index is 1.98. The fourth-order valence-corrected chi connectivity index (χ4v) is 3.43. The molecular formula is C24H24N2O6S. The van der Waals surface area contributed by atoms with E-state index >= 15 is 0 Å². The summed E-state index contributed by atoms with van der Waals surface area (Å²) in [6, 6.07) is 10.2. The smallest absolute Gasteiger partial charge is 0.344 e. The van der Waals surface area contributed by atoms with Gasteiger partial charge in [-0.25, -0.2) is 4.79 Å². The summed E-state index contributed by atoms with van der Waals surface area (Å²) in [5.74, 6) is -1.74. The highest BCUT2D eigenvalue weighted by molar-refractivity contribution is 7.80. The third-order valence-corrected chi connectivity index (χ3v) is 5.37. The Bertz CT molecular complexity index is 1170. The van der Waals surface area contributed by atoms with Crippen LogP contribution in [-0.4, -0.2) is 40.7 Å². The van der Waals surface area contributed by atoms with Gasteiger partial charge < -0.3 is 14.6 Å². The molecule has 1 saturated heterocycles. The van der Waals surface area contributed by atoms with E-state index in [-0.39, 0.29) is 16.4 Å². The fourth-order valence-electron chi connectivity index (χ4n) is 3.14. The van der Waals surface area contributed by atoms with Crippen molar-refractivity contribution < 1.29 is 29.0 Å². The lowest BCUT2D eigenvalue weighted by atomic mass is 10.0. The number of amides is 2. The van der Waals surface area contributed by atoms with Crippen LogP contribution in [0.25, 0.3) is 6.08 Å². The van der Waals surface area contributed by atoms with E-state index in [0.717, 1.165) is 11.1 Å². The van der Waals surface area contributed by atoms with E-state index in [2.05, 4.69) is 5.32 Å². The zero-order chi connectivity index (χ0) is 24.3. The number of benzene rings is 2. The molecule has 0 unspecified atom stereocenters. The molecule has 1 aliphatic rings. The Kier molecular flexibility index (Phi) is 7.13. The minimum absolute atomic E-state index is 0.00631. The Labute approximate surface area is 196 Å². The van der Waals surface area contributed by atoms with E-state index in [1.54, 1.807) is 25.1 Å². The molecule has 2 amide bonds. The van der Waals surface area contributed by atoms with Crippen molar-refractivity contribution in [1.29, 1.82) is 0 Å². The summed E-state index contributed by atoms with van der Waals surface area (Å²) in [4.78, 5) is 38.2. The zero-order valence-electron chi connectivity index (χ0n) is 18.7. The first-order valence-electron chi connectivity index (χ1n) is 10.3. The zero-order valence-corrected chi connectivity index (χ0v) is 19.5. The average molecular weight is 469 g/mol. The van der Waals surface area contributed by atoms with Crippen molar-refractivity contribution in [1.82, 2.24) is 5.32 Å². The third kappa shape index (κ3) is 5.20. The quantitative estimate of drug-likeness (QED) is 0.365. The molecular weight excluding hydrogens is 444 g/mol. The number of hydrogen-bond donors (Lipinski definition) is 2. The number of carbonyl (C=O) groups is 3. The molecule has 0 aliphatic carbocycles. The molecule has 33 heavy (non-hydrogen) atoms. The second-order valence-corrected chi connectivity index (χ2v) is 7.85. The van der Waals surface area contributed by atoms with Crippen LogP contribution >= 0.6 is 12.2 Å². The molecule has 9 heteroatoms. The van der Waals surface area contributed by atoms with Crippen molar-refractivity contribution in [3.05, 3.63) is 58.7 Å². The predicted octanol–water partition coefficient (Wildman–Crippen LogP) is 3.39. The van der Waals surface area contributed by atoms with Crippen LogP contribution in [0.5, 0.6) is 11.5 Å². The van der Waals surface area contributed by atoms with Crippen LogP contribution in [0, 0.1) is 13.8 Å². The van der Waals surface area contributed by atoms with Gasteiger partial charge in [-0.1, -0.05) is 12.1 Å². The molecule has 1 fully saturated rings. The number of rotatable bonds is 7. The van der Waals surface area contributed by atoms with Crippen molar-refractivity contribution in [3.8, 4) is 11.5 Å². The molecule has 0 radical (unpaired) electrons. The topological polar surface area (TPSA) is 105 Å². The largest absolute Gasteiger partial charge is 0.490 e. The summed E-state index contributed by atoms with van der Waals surface area (Å²) >= 11 is 5.25. The number of thiocarbonyl (C=S) groups is 1. The molecule has 2 N–H and O–H groups in total. The normalized spacial score (nSPS) is 15.9. The van der Waals surface area contributed by atoms with E-state index in [4.69, 9.17) is 26.8 Å². The second-order valence-electron chi connectivity index (χ2n) is 7.46. The van der Waals surface area contributed by atoms with Gasteiger partial charge in [-0.15, -0.1) is 0 Å². The third-order valence-electron chi connectivity index (χ3n) is 5.08. The number of carboxylic acids is 1. The predicted molar refractivity (Wildman–Crippen MR) is 127 cm³/mol. The summed E-state index contributed by atoms with van der Waals surface area (Å²) in [5, 5.41) is 11.7. The van der Waals surface area contributed by atoms with Gasteiger partial charge in [0.2, 0.25) is 0 Å². The summed E-state index contributed by atoms with van der Waals surface area (Å²) in [5.41, 5.74) is 3.01. The minimum Gasteiger partial charge on any atom is -0.490 e. The van der Waals surface area contributed by atoms with Gasteiger partial charge in [-0.05, 0) is 86.9 Å². The number of anilines is 1. The van der Waals surface area contributed by atoms with Gasteiger partial charge in [0.25, 0.3) is 11.8 Å². The summed E-state index contributed by atoms with van der Waals surface area (Å²) in [6.45, 7) is 7.38. The molecule has 1 aliphatic heterocycles. The minimum atomic E-state index is -1.12. The van der Waals surface area contributed by atoms with E-state index in [1.807, 2.05) is 26.0 Å². The Hall–Kier alpha value is -3.72. The van der Waals surface area contributed by atoms with Crippen LogP contribution in [0.4, 0.5) is 5.69 Å². The van der Waals surface area contributed by atoms with Gasteiger partial charge in [0, 0.05) is 0 Å². The number of ether oxygens (including phenoxy) is 2. The molecule has 0 saturated carbocycles. The maximum atomic E-state index is 13.2. The van der Waals surface area contributed by atoms with Crippen molar-refractivity contribution in [2.45, 2.75) is 33.8 Å². The fraction of sp³-hybridized carbons (Fsp3) is 0.250. The van der Waals surface area contributed by atoms with Crippen LogP contribution in [0.2, 0.25) is 0 Å². The highest BCUT2D eigenvalue weighted by atomic mass is 32.1. The molecule has 0 aromatic heterocycles. The van der Waals surface area contributed by atoms with Gasteiger partial charge in [0.05, 0.1) is 12.3 Å². The van der Waals surface area contributed by atoms with Crippen LogP contribution in [0.15, 0.2) is 42.0 Å². The van der Waals surface area contributed by atoms with Crippen LogP contribution in [0.3, 0.4) is 0 Å². The lowest BCUT2D eigenvalue weighted by molar-refractivity contribution is -0.144. The van der Waals surface area contributed by atoms with Crippen LogP contribution in [-0.2, 0) is 14.4 Å². The average Bonchev–Trinajstić information content (AvgIpc) is 2.75. The molecule has 2 aromatic carbocycles.